The van der Waals surface area contributed by atoms with Gasteiger partial charge in [0.05, 0.1) is 11.0 Å². The van der Waals surface area contributed by atoms with Gasteiger partial charge in [0.2, 0.25) is 11.8 Å². The molecule has 4 rings (SSSR count). The number of para-hydroxylation sites is 2. The van der Waals surface area contributed by atoms with Gasteiger partial charge < -0.3 is 14.4 Å². The van der Waals surface area contributed by atoms with Crippen molar-refractivity contribution in [3.8, 4) is 0 Å². The van der Waals surface area contributed by atoms with Crippen LogP contribution in [0.3, 0.4) is 0 Å². The van der Waals surface area contributed by atoms with Crippen molar-refractivity contribution in [3.63, 3.8) is 0 Å². The molecule has 33 heavy (non-hydrogen) atoms. The summed E-state index contributed by atoms with van der Waals surface area (Å²) in [6, 6.07) is 14.2. The predicted octanol–water partition coefficient (Wildman–Crippen LogP) is 4.82. The number of carbonyl (C=O) groups is 2. The first kappa shape index (κ1) is 23.0. The second-order valence-electron chi connectivity index (χ2n) is 9.66. The lowest BCUT2D eigenvalue weighted by Crippen LogP contribution is -2.44. The summed E-state index contributed by atoms with van der Waals surface area (Å²) in [6.45, 7) is 13.1. The van der Waals surface area contributed by atoms with E-state index in [-0.39, 0.29) is 36.4 Å². The van der Waals surface area contributed by atoms with Crippen LogP contribution in [0, 0.1) is 13.8 Å². The van der Waals surface area contributed by atoms with Crippen LogP contribution in [0.15, 0.2) is 42.5 Å². The number of aromatic nitrogens is 2. The van der Waals surface area contributed by atoms with Gasteiger partial charge in [0.1, 0.15) is 12.4 Å². The summed E-state index contributed by atoms with van der Waals surface area (Å²) in [6.07, 6.45) is 0.392. The van der Waals surface area contributed by atoms with E-state index in [1.165, 1.54) is 5.56 Å². The molecule has 6 heteroatoms. The number of anilines is 1. The quantitative estimate of drug-likeness (QED) is 0.545. The Balaban J connectivity index is 1.71. The second-order valence-corrected chi connectivity index (χ2v) is 9.66. The highest BCUT2D eigenvalue weighted by atomic mass is 16.2. The first-order valence-electron chi connectivity index (χ1n) is 11.8. The van der Waals surface area contributed by atoms with Crippen LogP contribution in [0.4, 0.5) is 5.69 Å². The minimum Gasteiger partial charge on any atom is -0.336 e. The van der Waals surface area contributed by atoms with Crippen LogP contribution in [0.25, 0.3) is 11.0 Å². The molecule has 3 aromatic rings. The lowest BCUT2D eigenvalue weighted by Gasteiger charge is -2.31. The summed E-state index contributed by atoms with van der Waals surface area (Å²) < 4.78 is 2.03. The van der Waals surface area contributed by atoms with E-state index >= 15 is 0 Å². The lowest BCUT2D eigenvalue weighted by molar-refractivity contribution is -0.135. The minimum atomic E-state index is -0.0656. The van der Waals surface area contributed by atoms with E-state index in [4.69, 9.17) is 4.98 Å². The highest BCUT2D eigenvalue weighted by Crippen LogP contribution is 2.35. The summed E-state index contributed by atoms with van der Waals surface area (Å²) in [7, 11) is 0. The van der Waals surface area contributed by atoms with E-state index in [0.717, 1.165) is 28.1 Å². The van der Waals surface area contributed by atoms with E-state index in [2.05, 4.69) is 19.9 Å². The molecule has 1 aliphatic heterocycles. The van der Waals surface area contributed by atoms with E-state index < -0.39 is 0 Å². The molecule has 0 aliphatic carbocycles. The van der Waals surface area contributed by atoms with Gasteiger partial charge in [0.25, 0.3) is 0 Å². The SMILES string of the molecule is Cc1cccc(N2CC(c3nc4ccccc4n3CC(=O)N(C(C)C)C(C)C)CC2=O)c1C. The van der Waals surface area contributed by atoms with Gasteiger partial charge in [-0.2, -0.15) is 0 Å². The molecule has 1 aliphatic rings. The molecule has 2 heterocycles. The normalized spacial score (nSPS) is 16.4. The van der Waals surface area contributed by atoms with Crippen molar-refractivity contribution >= 4 is 28.5 Å². The monoisotopic (exact) mass is 446 g/mol. The van der Waals surface area contributed by atoms with Crippen LogP contribution in [0.2, 0.25) is 0 Å². The van der Waals surface area contributed by atoms with Gasteiger partial charge in [0, 0.05) is 36.7 Å². The lowest BCUT2D eigenvalue weighted by atomic mass is 10.1. The van der Waals surface area contributed by atoms with Crippen LogP contribution in [-0.4, -0.2) is 44.9 Å². The Morgan fingerprint density at radius 1 is 1.06 bits per heavy atom. The van der Waals surface area contributed by atoms with Crippen molar-refractivity contribution in [3.05, 3.63) is 59.4 Å². The van der Waals surface area contributed by atoms with Gasteiger partial charge in [-0.1, -0.05) is 24.3 Å². The van der Waals surface area contributed by atoms with Crippen molar-refractivity contribution < 1.29 is 9.59 Å². The Bertz CT molecular complexity index is 1190. The molecular weight excluding hydrogens is 412 g/mol. The maximum atomic E-state index is 13.3. The van der Waals surface area contributed by atoms with Crippen molar-refractivity contribution in [2.45, 2.75) is 72.5 Å². The Labute approximate surface area is 196 Å². The number of amides is 2. The van der Waals surface area contributed by atoms with Crippen molar-refractivity contribution in [1.82, 2.24) is 14.5 Å². The van der Waals surface area contributed by atoms with E-state index in [1.807, 2.05) is 78.5 Å². The summed E-state index contributed by atoms with van der Waals surface area (Å²) in [5, 5.41) is 0. The molecule has 1 saturated heterocycles. The Morgan fingerprint density at radius 3 is 2.45 bits per heavy atom. The average Bonchev–Trinajstić information content (AvgIpc) is 3.30. The average molecular weight is 447 g/mol. The molecule has 2 aromatic carbocycles. The number of nitrogens with zero attached hydrogens (tertiary/aromatic N) is 4. The first-order chi connectivity index (χ1) is 15.7. The maximum absolute atomic E-state index is 13.3. The molecular formula is C27H34N4O2. The first-order valence-corrected chi connectivity index (χ1v) is 11.8. The van der Waals surface area contributed by atoms with Gasteiger partial charge in [0.15, 0.2) is 0 Å². The third-order valence-electron chi connectivity index (χ3n) is 6.74. The van der Waals surface area contributed by atoms with Crippen LogP contribution in [-0.2, 0) is 16.1 Å². The Hall–Kier alpha value is -3.15. The molecule has 0 N–H and O–H groups in total. The number of rotatable bonds is 6. The number of carbonyl (C=O) groups excluding carboxylic acids is 2. The zero-order chi connectivity index (χ0) is 23.9. The van der Waals surface area contributed by atoms with E-state index in [1.54, 1.807) is 0 Å². The van der Waals surface area contributed by atoms with Crippen molar-refractivity contribution in [1.29, 1.82) is 0 Å². The van der Waals surface area contributed by atoms with Crippen LogP contribution < -0.4 is 4.90 Å². The molecule has 0 bridgehead atoms. The van der Waals surface area contributed by atoms with E-state index in [9.17, 15) is 9.59 Å². The second kappa shape index (κ2) is 9.00. The van der Waals surface area contributed by atoms with Gasteiger partial charge in [-0.3, -0.25) is 9.59 Å². The highest BCUT2D eigenvalue weighted by molar-refractivity contribution is 5.97. The maximum Gasteiger partial charge on any atom is 0.243 e. The third kappa shape index (κ3) is 4.26. The van der Waals surface area contributed by atoms with Crippen LogP contribution in [0.1, 0.15) is 57.0 Å². The fraction of sp³-hybridized carbons (Fsp3) is 0.444. The van der Waals surface area contributed by atoms with Crippen molar-refractivity contribution in [2.75, 3.05) is 11.4 Å². The summed E-state index contributed by atoms with van der Waals surface area (Å²) in [5.74, 6) is 0.923. The van der Waals surface area contributed by atoms with Gasteiger partial charge in [-0.25, -0.2) is 4.98 Å². The molecule has 1 aromatic heterocycles. The topological polar surface area (TPSA) is 58.4 Å². The molecule has 1 atom stereocenters. The largest absolute Gasteiger partial charge is 0.336 e. The van der Waals surface area contributed by atoms with Crippen molar-refractivity contribution in [2.24, 2.45) is 0 Å². The van der Waals surface area contributed by atoms with Crippen LogP contribution in [0.5, 0.6) is 0 Å². The highest BCUT2D eigenvalue weighted by Gasteiger charge is 2.36. The summed E-state index contributed by atoms with van der Waals surface area (Å²) in [5.41, 5.74) is 5.06. The molecule has 0 spiro atoms. The molecule has 174 valence electrons. The molecule has 0 saturated carbocycles. The standard InChI is InChI=1S/C27H34N4O2/c1-17(2)31(18(3)4)26(33)16-30-24-12-8-7-11-22(24)28-27(30)21-14-25(32)29(15-21)23-13-9-10-19(5)20(23)6/h7-13,17-18,21H,14-16H2,1-6H3. The molecule has 1 fully saturated rings. The third-order valence-corrected chi connectivity index (χ3v) is 6.74. The number of hydrogen-bond donors (Lipinski definition) is 0. The summed E-state index contributed by atoms with van der Waals surface area (Å²) >= 11 is 0. The molecule has 2 amide bonds. The predicted molar refractivity (Wildman–Crippen MR) is 132 cm³/mol. The number of benzene rings is 2. The van der Waals surface area contributed by atoms with Crippen LogP contribution >= 0.6 is 0 Å². The fourth-order valence-electron chi connectivity index (χ4n) is 5.10. The zero-order valence-electron chi connectivity index (χ0n) is 20.5. The fourth-order valence-corrected chi connectivity index (χ4v) is 5.10. The number of fused-ring (bicyclic) bond motifs is 1. The van der Waals surface area contributed by atoms with Gasteiger partial charge >= 0.3 is 0 Å². The molecule has 6 nitrogen and oxygen atoms in total. The van der Waals surface area contributed by atoms with Gasteiger partial charge in [-0.15, -0.1) is 0 Å². The Kier molecular flexibility index (Phi) is 6.28. The number of imidazole rings is 1. The minimum absolute atomic E-state index is 0.0656. The Morgan fingerprint density at radius 2 is 1.76 bits per heavy atom. The molecule has 0 radical (unpaired) electrons. The molecule has 1 unspecified atom stereocenters. The smallest absolute Gasteiger partial charge is 0.243 e. The summed E-state index contributed by atoms with van der Waals surface area (Å²) in [4.78, 5) is 35.1. The van der Waals surface area contributed by atoms with E-state index in [0.29, 0.717) is 13.0 Å². The number of hydrogen-bond acceptors (Lipinski definition) is 3. The number of aryl methyl sites for hydroxylation is 1. The zero-order valence-corrected chi connectivity index (χ0v) is 20.5. The van der Waals surface area contributed by atoms with Gasteiger partial charge in [-0.05, 0) is 70.9 Å².